The second kappa shape index (κ2) is 9.17. The minimum Gasteiger partial charge on any atom is -0.439 e. The van der Waals surface area contributed by atoms with Crippen molar-refractivity contribution in [3.63, 3.8) is 0 Å². The van der Waals surface area contributed by atoms with Crippen LogP contribution in [0.3, 0.4) is 0 Å². The summed E-state index contributed by atoms with van der Waals surface area (Å²) in [6.07, 6.45) is 6.67. The molecule has 6 heteroatoms. The molecule has 1 aliphatic carbocycles. The third-order valence-electron chi connectivity index (χ3n) is 4.30. The number of hydrogen-bond acceptors (Lipinski definition) is 3. The van der Waals surface area contributed by atoms with Crippen molar-refractivity contribution < 1.29 is 9.13 Å². The van der Waals surface area contributed by atoms with E-state index in [1.165, 1.54) is 37.8 Å². The van der Waals surface area contributed by atoms with Crippen LogP contribution in [0.2, 0.25) is 0 Å². The largest absolute Gasteiger partial charge is 0.439 e. The average molecular weight is 356 g/mol. The first kappa shape index (κ1) is 18.2. The third-order valence-corrected chi connectivity index (χ3v) is 4.30. The summed E-state index contributed by atoms with van der Waals surface area (Å²) in [4.78, 5) is 8.88. The molecule has 2 N–H and O–H groups in total. The predicted octanol–water partition coefficient (Wildman–Crippen LogP) is 4.01. The molecule has 1 aliphatic rings. The zero-order valence-corrected chi connectivity index (χ0v) is 15.0. The first-order chi connectivity index (χ1) is 12.7. The van der Waals surface area contributed by atoms with Gasteiger partial charge in [-0.2, -0.15) is 0 Å². The number of aliphatic imine (C=N–C) groups is 1. The van der Waals surface area contributed by atoms with E-state index in [-0.39, 0.29) is 5.82 Å². The summed E-state index contributed by atoms with van der Waals surface area (Å²) >= 11 is 0. The lowest BCUT2D eigenvalue weighted by atomic mass is 10.2. The van der Waals surface area contributed by atoms with Crippen LogP contribution in [0.1, 0.15) is 38.2 Å². The van der Waals surface area contributed by atoms with Crippen molar-refractivity contribution in [2.24, 2.45) is 4.99 Å². The first-order valence-corrected chi connectivity index (χ1v) is 9.16. The van der Waals surface area contributed by atoms with Crippen LogP contribution in [0, 0.1) is 5.82 Å². The highest BCUT2D eigenvalue weighted by molar-refractivity contribution is 5.80. The van der Waals surface area contributed by atoms with E-state index < -0.39 is 0 Å². The van der Waals surface area contributed by atoms with Crippen LogP contribution in [-0.4, -0.2) is 23.5 Å². The summed E-state index contributed by atoms with van der Waals surface area (Å²) in [5.74, 6) is 1.57. The van der Waals surface area contributed by atoms with Crippen LogP contribution in [0.15, 0.2) is 47.6 Å². The molecule has 0 aliphatic heterocycles. The molecule has 1 fully saturated rings. The SMILES string of the molecule is CCNC(=NCc1ccnc(Oc2ccc(F)cc2)c1)NC1CCCC1. The van der Waals surface area contributed by atoms with Crippen molar-refractivity contribution >= 4 is 5.96 Å². The van der Waals surface area contributed by atoms with Crippen LogP contribution in [0.25, 0.3) is 0 Å². The minimum atomic E-state index is -0.292. The topological polar surface area (TPSA) is 58.5 Å². The Morgan fingerprint density at radius 1 is 1.23 bits per heavy atom. The Bertz CT molecular complexity index is 727. The molecule has 1 saturated carbocycles. The Morgan fingerprint density at radius 3 is 2.73 bits per heavy atom. The molecule has 0 saturated heterocycles. The molecule has 0 radical (unpaired) electrons. The van der Waals surface area contributed by atoms with Gasteiger partial charge in [-0.1, -0.05) is 12.8 Å². The number of benzene rings is 1. The second-order valence-corrected chi connectivity index (χ2v) is 6.38. The van der Waals surface area contributed by atoms with Crippen molar-refractivity contribution in [2.75, 3.05) is 6.54 Å². The van der Waals surface area contributed by atoms with Gasteiger partial charge in [-0.15, -0.1) is 0 Å². The van der Waals surface area contributed by atoms with Crippen molar-refractivity contribution in [1.29, 1.82) is 0 Å². The fourth-order valence-electron chi connectivity index (χ4n) is 2.98. The van der Waals surface area contributed by atoms with E-state index in [9.17, 15) is 4.39 Å². The van der Waals surface area contributed by atoms with Gasteiger partial charge in [0, 0.05) is 24.8 Å². The number of hydrogen-bond donors (Lipinski definition) is 2. The summed E-state index contributed by atoms with van der Waals surface area (Å²) in [5.41, 5.74) is 1.00. The van der Waals surface area contributed by atoms with Gasteiger partial charge < -0.3 is 15.4 Å². The van der Waals surface area contributed by atoms with Crippen LogP contribution >= 0.6 is 0 Å². The molecule has 0 unspecified atom stereocenters. The van der Waals surface area contributed by atoms with E-state index in [1.807, 2.05) is 12.1 Å². The van der Waals surface area contributed by atoms with Gasteiger partial charge in [0.15, 0.2) is 5.96 Å². The summed E-state index contributed by atoms with van der Waals surface area (Å²) < 4.78 is 18.7. The molecule has 0 bridgehead atoms. The zero-order chi connectivity index (χ0) is 18.2. The summed E-state index contributed by atoms with van der Waals surface area (Å²) in [7, 11) is 0. The van der Waals surface area contributed by atoms with Crippen LogP contribution in [-0.2, 0) is 6.54 Å². The summed E-state index contributed by atoms with van der Waals surface area (Å²) in [6.45, 7) is 3.42. The lowest BCUT2D eigenvalue weighted by Crippen LogP contribution is -2.42. The Morgan fingerprint density at radius 2 is 2.00 bits per heavy atom. The number of rotatable bonds is 6. The number of aromatic nitrogens is 1. The second-order valence-electron chi connectivity index (χ2n) is 6.38. The van der Waals surface area contributed by atoms with Gasteiger partial charge in [-0.3, -0.25) is 0 Å². The van der Waals surface area contributed by atoms with Gasteiger partial charge in [0.05, 0.1) is 6.54 Å². The quantitative estimate of drug-likeness (QED) is 0.606. The number of nitrogens with zero attached hydrogens (tertiary/aromatic N) is 2. The molecule has 0 amide bonds. The minimum absolute atomic E-state index is 0.292. The predicted molar refractivity (Wildman–Crippen MR) is 101 cm³/mol. The van der Waals surface area contributed by atoms with Crippen LogP contribution in [0.5, 0.6) is 11.6 Å². The van der Waals surface area contributed by atoms with E-state index in [0.717, 1.165) is 18.1 Å². The number of pyridine rings is 1. The van der Waals surface area contributed by atoms with E-state index in [2.05, 4.69) is 27.5 Å². The molecule has 138 valence electrons. The molecule has 2 aromatic rings. The Kier molecular flexibility index (Phi) is 6.41. The van der Waals surface area contributed by atoms with Gasteiger partial charge in [-0.25, -0.2) is 14.4 Å². The maximum atomic E-state index is 13.0. The fraction of sp³-hybridized carbons (Fsp3) is 0.400. The number of guanidine groups is 1. The fourth-order valence-corrected chi connectivity index (χ4v) is 2.98. The molecule has 5 nitrogen and oxygen atoms in total. The Hall–Kier alpha value is -2.63. The molecular formula is C20H25FN4O. The monoisotopic (exact) mass is 356 g/mol. The Balaban J connectivity index is 1.63. The highest BCUT2D eigenvalue weighted by atomic mass is 19.1. The highest BCUT2D eigenvalue weighted by Crippen LogP contribution is 2.21. The van der Waals surface area contributed by atoms with E-state index >= 15 is 0 Å². The van der Waals surface area contributed by atoms with E-state index in [0.29, 0.717) is 24.2 Å². The van der Waals surface area contributed by atoms with Gasteiger partial charge in [-0.05, 0) is 55.7 Å². The smallest absolute Gasteiger partial charge is 0.219 e. The maximum Gasteiger partial charge on any atom is 0.219 e. The third kappa shape index (κ3) is 5.44. The molecular weight excluding hydrogens is 331 g/mol. The van der Waals surface area contributed by atoms with E-state index in [4.69, 9.17) is 4.74 Å². The standard InChI is InChI=1S/C20H25FN4O/c1-2-22-20(25-17-5-3-4-6-17)24-14-15-11-12-23-19(13-15)26-18-9-7-16(21)8-10-18/h7-13,17H,2-6,14H2,1H3,(H2,22,24,25). The molecule has 3 rings (SSSR count). The molecule has 1 aromatic carbocycles. The maximum absolute atomic E-state index is 13.0. The number of halogens is 1. The molecule has 1 aromatic heterocycles. The summed E-state index contributed by atoms with van der Waals surface area (Å²) in [5, 5.41) is 6.80. The summed E-state index contributed by atoms with van der Waals surface area (Å²) in [6, 6.07) is 10.2. The highest BCUT2D eigenvalue weighted by Gasteiger charge is 2.15. The van der Waals surface area contributed by atoms with Crippen LogP contribution in [0.4, 0.5) is 4.39 Å². The van der Waals surface area contributed by atoms with Crippen LogP contribution < -0.4 is 15.4 Å². The van der Waals surface area contributed by atoms with Gasteiger partial charge in [0.2, 0.25) is 5.88 Å². The average Bonchev–Trinajstić information content (AvgIpc) is 3.15. The van der Waals surface area contributed by atoms with Crippen molar-refractivity contribution in [3.05, 3.63) is 54.0 Å². The van der Waals surface area contributed by atoms with Crippen molar-refractivity contribution in [1.82, 2.24) is 15.6 Å². The van der Waals surface area contributed by atoms with Gasteiger partial charge >= 0.3 is 0 Å². The van der Waals surface area contributed by atoms with Gasteiger partial charge in [0.1, 0.15) is 11.6 Å². The zero-order valence-electron chi connectivity index (χ0n) is 15.0. The first-order valence-electron chi connectivity index (χ1n) is 9.16. The molecule has 1 heterocycles. The molecule has 0 spiro atoms. The molecule has 0 atom stereocenters. The number of ether oxygens (including phenoxy) is 1. The van der Waals surface area contributed by atoms with Crippen molar-refractivity contribution in [3.8, 4) is 11.6 Å². The normalized spacial score (nSPS) is 15.1. The van der Waals surface area contributed by atoms with Crippen molar-refractivity contribution in [2.45, 2.75) is 45.2 Å². The lowest BCUT2D eigenvalue weighted by Gasteiger charge is -2.16. The lowest BCUT2D eigenvalue weighted by molar-refractivity contribution is 0.460. The molecule has 26 heavy (non-hydrogen) atoms. The van der Waals surface area contributed by atoms with E-state index in [1.54, 1.807) is 18.3 Å². The van der Waals surface area contributed by atoms with Gasteiger partial charge in [0.25, 0.3) is 0 Å². The Labute approximate surface area is 153 Å². The number of nitrogens with one attached hydrogen (secondary N) is 2.